The number of hydrogen-bond donors (Lipinski definition) is 0. The van der Waals surface area contributed by atoms with E-state index >= 15 is 0 Å². The highest BCUT2D eigenvalue weighted by Gasteiger charge is 2.21. The van der Waals surface area contributed by atoms with E-state index in [2.05, 4.69) is 0 Å². The summed E-state index contributed by atoms with van der Waals surface area (Å²) >= 11 is 5.99. The lowest BCUT2D eigenvalue weighted by atomic mass is 9.98. The minimum absolute atomic E-state index is 0.0448. The van der Waals surface area contributed by atoms with Gasteiger partial charge in [0.05, 0.1) is 22.0 Å². The Kier molecular flexibility index (Phi) is 6.10. The standard InChI is InChI=1S/C29H23ClFN3O/c1-19-32-27-16-14-22(33(2)23-13-15-26(31)25(30)18-23)17-24(27)29(35)34(19)28(20-9-5-3-6-10-20)21-11-7-4-8-12-21/h3-18,28H,1-2H3. The van der Waals surface area contributed by atoms with Gasteiger partial charge in [-0.15, -0.1) is 0 Å². The molecule has 0 radical (unpaired) electrons. The second-order valence-corrected chi connectivity index (χ2v) is 8.82. The zero-order valence-electron chi connectivity index (χ0n) is 19.3. The Labute approximate surface area is 207 Å². The smallest absolute Gasteiger partial charge is 0.262 e. The molecule has 0 saturated heterocycles. The number of aryl methyl sites for hydroxylation is 1. The first-order chi connectivity index (χ1) is 16.9. The van der Waals surface area contributed by atoms with Gasteiger partial charge in [0.1, 0.15) is 11.6 Å². The van der Waals surface area contributed by atoms with E-state index in [0.29, 0.717) is 22.4 Å². The van der Waals surface area contributed by atoms with Crippen molar-refractivity contribution in [1.82, 2.24) is 9.55 Å². The third-order valence-electron chi connectivity index (χ3n) is 6.23. The van der Waals surface area contributed by atoms with E-state index in [9.17, 15) is 9.18 Å². The summed E-state index contributed by atoms with van der Waals surface area (Å²) in [6, 6.07) is 29.7. The minimum Gasteiger partial charge on any atom is -0.345 e. The van der Waals surface area contributed by atoms with Crippen LogP contribution < -0.4 is 10.5 Å². The Hall–Kier alpha value is -3.96. The lowest BCUT2D eigenvalue weighted by Gasteiger charge is -2.24. The van der Waals surface area contributed by atoms with E-state index in [1.165, 1.54) is 6.07 Å². The first-order valence-electron chi connectivity index (χ1n) is 11.3. The van der Waals surface area contributed by atoms with Crippen LogP contribution in [0.1, 0.15) is 23.0 Å². The topological polar surface area (TPSA) is 38.1 Å². The van der Waals surface area contributed by atoms with Crippen molar-refractivity contribution in [2.75, 3.05) is 11.9 Å². The van der Waals surface area contributed by atoms with Crippen molar-refractivity contribution in [3.63, 3.8) is 0 Å². The summed E-state index contributed by atoms with van der Waals surface area (Å²) in [6.07, 6.45) is 0. The van der Waals surface area contributed by atoms with Crippen molar-refractivity contribution in [3.8, 4) is 0 Å². The molecule has 5 aromatic rings. The number of fused-ring (bicyclic) bond motifs is 1. The summed E-state index contributed by atoms with van der Waals surface area (Å²) in [4.78, 5) is 20.6. The van der Waals surface area contributed by atoms with Crippen LogP contribution in [0.5, 0.6) is 0 Å². The average molecular weight is 484 g/mol. The summed E-state index contributed by atoms with van der Waals surface area (Å²) in [5, 5.41) is 0.549. The normalized spacial score (nSPS) is 11.2. The molecular formula is C29H23ClFN3O. The van der Waals surface area contributed by atoms with Gasteiger partial charge in [-0.1, -0.05) is 72.3 Å². The van der Waals surface area contributed by atoms with Crippen LogP contribution in [-0.2, 0) is 0 Å². The molecule has 1 heterocycles. The molecule has 0 fully saturated rings. The van der Waals surface area contributed by atoms with Gasteiger partial charge in [-0.3, -0.25) is 9.36 Å². The van der Waals surface area contributed by atoms with Gasteiger partial charge in [0.25, 0.3) is 5.56 Å². The summed E-state index contributed by atoms with van der Waals surface area (Å²) in [6.45, 7) is 1.86. The third kappa shape index (κ3) is 4.31. The predicted molar refractivity (Wildman–Crippen MR) is 140 cm³/mol. The fraction of sp³-hybridized carbons (Fsp3) is 0.103. The van der Waals surface area contributed by atoms with E-state index in [1.54, 1.807) is 16.7 Å². The molecule has 35 heavy (non-hydrogen) atoms. The molecule has 4 nitrogen and oxygen atoms in total. The second-order valence-electron chi connectivity index (χ2n) is 8.42. The largest absolute Gasteiger partial charge is 0.345 e. The molecule has 0 atom stereocenters. The van der Waals surface area contributed by atoms with Crippen LogP contribution in [0.3, 0.4) is 0 Å². The summed E-state index contributed by atoms with van der Waals surface area (Å²) < 4.78 is 15.4. The molecule has 4 aromatic carbocycles. The molecule has 1 aromatic heterocycles. The molecule has 0 bridgehead atoms. The third-order valence-corrected chi connectivity index (χ3v) is 6.52. The van der Waals surface area contributed by atoms with E-state index < -0.39 is 5.82 Å². The van der Waals surface area contributed by atoms with Crippen molar-refractivity contribution in [3.05, 3.63) is 135 Å². The molecule has 0 unspecified atom stereocenters. The van der Waals surface area contributed by atoms with Crippen LogP contribution in [0.25, 0.3) is 10.9 Å². The van der Waals surface area contributed by atoms with Gasteiger partial charge >= 0.3 is 0 Å². The summed E-state index contributed by atoms with van der Waals surface area (Å²) in [7, 11) is 1.85. The van der Waals surface area contributed by atoms with Gasteiger partial charge in [-0.05, 0) is 54.4 Å². The zero-order valence-corrected chi connectivity index (χ0v) is 20.1. The van der Waals surface area contributed by atoms with E-state index in [4.69, 9.17) is 16.6 Å². The lowest BCUT2D eigenvalue weighted by molar-refractivity contribution is 0.620. The van der Waals surface area contributed by atoms with Crippen LogP contribution in [-0.4, -0.2) is 16.6 Å². The van der Waals surface area contributed by atoms with Crippen LogP contribution in [0.2, 0.25) is 5.02 Å². The SMILES string of the molecule is Cc1nc2ccc(N(C)c3ccc(F)c(Cl)c3)cc2c(=O)n1C(c1ccccc1)c1ccccc1. The maximum atomic E-state index is 14.0. The number of nitrogens with zero attached hydrogens (tertiary/aromatic N) is 3. The number of anilines is 2. The zero-order chi connectivity index (χ0) is 24.5. The van der Waals surface area contributed by atoms with Gasteiger partial charge in [0.15, 0.2) is 0 Å². The highest BCUT2D eigenvalue weighted by Crippen LogP contribution is 2.30. The molecular weight excluding hydrogens is 461 g/mol. The highest BCUT2D eigenvalue weighted by molar-refractivity contribution is 6.31. The predicted octanol–water partition coefficient (Wildman–Crippen LogP) is 6.90. The monoisotopic (exact) mass is 483 g/mol. The van der Waals surface area contributed by atoms with Crippen LogP contribution >= 0.6 is 11.6 Å². The number of aromatic nitrogens is 2. The van der Waals surface area contributed by atoms with E-state index in [1.807, 2.05) is 97.7 Å². The minimum atomic E-state index is -0.474. The van der Waals surface area contributed by atoms with Crippen LogP contribution in [0.4, 0.5) is 15.8 Å². The molecule has 6 heteroatoms. The fourth-order valence-electron chi connectivity index (χ4n) is 4.41. The molecule has 0 amide bonds. The summed E-state index contributed by atoms with van der Waals surface area (Å²) in [5.74, 6) is 0.157. The molecule has 0 N–H and O–H groups in total. The molecule has 0 aliphatic carbocycles. The lowest BCUT2D eigenvalue weighted by Crippen LogP contribution is -2.29. The van der Waals surface area contributed by atoms with Gasteiger partial charge in [-0.25, -0.2) is 9.37 Å². The molecule has 5 rings (SSSR count). The average Bonchev–Trinajstić information content (AvgIpc) is 2.88. The van der Waals surface area contributed by atoms with E-state index in [-0.39, 0.29) is 16.6 Å². The van der Waals surface area contributed by atoms with Gasteiger partial charge in [-0.2, -0.15) is 0 Å². The Morgan fingerprint density at radius 3 is 2.03 bits per heavy atom. The maximum absolute atomic E-state index is 14.0. The summed E-state index contributed by atoms with van der Waals surface area (Å²) in [5.41, 5.74) is 3.97. The number of hydrogen-bond acceptors (Lipinski definition) is 3. The first kappa shape index (κ1) is 22.8. The highest BCUT2D eigenvalue weighted by atomic mass is 35.5. The fourth-order valence-corrected chi connectivity index (χ4v) is 4.59. The second kappa shape index (κ2) is 9.35. The van der Waals surface area contributed by atoms with Gasteiger partial charge in [0.2, 0.25) is 0 Å². The van der Waals surface area contributed by atoms with Gasteiger partial charge < -0.3 is 4.90 Å². The number of halogens is 2. The molecule has 0 aliphatic heterocycles. The first-order valence-corrected chi connectivity index (χ1v) is 11.6. The number of benzene rings is 4. The molecule has 174 valence electrons. The molecule has 0 spiro atoms. The van der Waals surface area contributed by atoms with Crippen LogP contribution in [0, 0.1) is 12.7 Å². The Balaban J connectivity index is 1.69. The Morgan fingerprint density at radius 2 is 1.43 bits per heavy atom. The maximum Gasteiger partial charge on any atom is 0.262 e. The Bertz CT molecular complexity index is 1530. The van der Waals surface area contributed by atoms with Gasteiger partial charge in [0, 0.05) is 18.4 Å². The van der Waals surface area contributed by atoms with Crippen molar-refractivity contribution in [2.24, 2.45) is 0 Å². The van der Waals surface area contributed by atoms with Crippen molar-refractivity contribution < 1.29 is 4.39 Å². The van der Waals surface area contributed by atoms with Crippen molar-refractivity contribution in [1.29, 1.82) is 0 Å². The van der Waals surface area contributed by atoms with Crippen LogP contribution in [0.15, 0.2) is 102 Å². The quantitative estimate of drug-likeness (QED) is 0.273. The Morgan fingerprint density at radius 1 is 0.857 bits per heavy atom. The molecule has 0 saturated carbocycles. The molecule has 0 aliphatic rings. The van der Waals surface area contributed by atoms with Crippen molar-refractivity contribution >= 4 is 33.9 Å². The number of rotatable bonds is 5. The van der Waals surface area contributed by atoms with Crippen molar-refractivity contribution in [2.45, 2.75) is 13.0 Å². The van der Waals surface area contributed by atoms with E-state index in [0.717, 1.165) is 16.8 Å².